The standard InChI is InChI=1S/C55H70BN3O/c1-49(2,3)33-18-20-35(21-19-33)59-44-29-34(50(4,5)6)28-43-45(44)56(46-47(59)60-48(57-46)51(7,8)9)41-31-39-40(55(16,17)27-26-54(39,14)15)32-42(41)58(43)36-22-23-37-38(30-36)53(12,13)25-24-52(37,10)11/h18-23,28-32H,24-27H2,1-17H3. The molecular formula is C55H70BN3O. The molecule has 0 unspecified atom stereocenters. The van der Waals surface area contributed by atoms with Gasteiger partial charge in [0.25, 0.3) is 6.71 Å². The highest BCUT2D eigenvalue weighted by molar-refractivity contribution is 6.99. The van der Waals surface area contributed by atoms with E-state index in [-0.39, 0.29) is 44.6 Å². The number of benzene rings is 4. The topological polar surface area (TPSA) is 32.5 Å². The third-order valence-electron chi connectivity index (χ3n) is 15.2. The minimum absolute atomic E-state index is 0.0397. The van der Waals surface area contributed by atoms with Crippen LogP contribution in [0.25, 0.3) is 0 Å². The van der Waals surface area contributed by atoms with Gasteiger partial charge in [-0.1, -0.05) is 142 Å². The third kappa shape index (κ3) is 6.25. The smallest absolute Gasteiger partial charge is 0.279 e. The van der Waals surface area contributed by atoms with Crippen molar-refractivity contribution >= 4 is 57.6 Å². The lowest BCUT2D eigenvalue weighted by atomic mass is 9.34. The fourth-order valence-corrected chi connectivity index (χ4v) is 10.8. The summed E-state index contributed by atoms with van der Waals surface area (Å²) in [5.41, 5.74) is 18.2. The molecule has 60 heavy (non-hydrogen) atoms. The molecule has 0 saturated carbocycles. The van der Waals surface area contributed by atoms with Crippen LogP contribution in [0.5, 0.6) is 0 Å². The van der Waals surface area contributed by atoms with Gasteiger partial charge in [-0.3, -0.25) is 4.90 Å². The summed E-state index contributed by atoms with van der Waals surface area (Å²) in [5.74, 6) is 1.62. The van der Waals surface area contributed by atoms with Crippen LogP contribution < -0.4 is 26.3 Å². The van der Waals surface area contributed by atoms with Gasteiger partial charge in [0.1, 0.15) is 0 Å². The Balaban J connectivity index is 1.42. The third-order valence-corrected chi connectivity index (χ3v) is 15.2. The molecule has 0 amide bonds. The van der Waals surface area contributed by atoms with Crippen LogP contribution in [0.2, 0.25) is 0 Å². The fraction of sp³-hybridized carbons (Fsp3) is 0.509. The van der Waals surface area contributed by atoms with E-state index in [1.165, 1.54) is 79.9 Å². The Morgan fingerprint density at radius 3 is 1.52 bits per heavy atom. The second kappa shape index (κ2) is 12.7. The minimum atomic E-state index is -0.278. The Morgan fingerprint density at radius 1 is 0.500 bits per heavy atom. The summed E-state index contributed by atoms with van der Waals surface area (Å²) in [6.45, 7) is 40.1. The summed E-state index contributed by atoms with van der Waals surface area (Å²) >= 11 is 0. The van der Waals surface area contributed by atoms with Crippen LogP contribution >= 0.6 is 0 Å². The second-order valence-electron chi connectivity index (χ2n) is 24.8. The average molecular weight is 800 g/mol. The molecule has 2 aliphatic heterocycles. The van der Waals surface area contributed by atoms with Gasteiger partial charge >= 0.3 is 0 Å². The lowest BCUT2D eigenvalue weighted by molar-refractivity contribution is 0.332. The van der Waals surface area contributed by atoms with Crippen molar-refractivity contribution in [2.45, 2.75) is 181 Å². The molecule has 2 aliphatic carbocycles. The van der Waals surface area contributed by atoms with Crippen molar-refractivity contribution in [1.82, 2.24) is 4.98 Å². The normalized spacial score (nSPS) is 19.6. The molecule has 0 radical (unpaired) electrons. The van der Waals surface area contributed by atoms with E-state index in [0.717, 1.165) is 35.9 Å². The SMILES string of the molecule is CC(C)(C)c1ccc(N2c3cc(C(C)(C)C)cc4c3B(c3cc5c(cc3N4c3ccc4c(c3)C(C)(C)CCC4(C)C)C(C)(C)CCC5(C)C)c3nc(C(C)(C)C)oc32)cc1. The van der Waals surface area contributed by atoms with E-state index in [4.69, 9.17) is 9.40 Å². The highest BCUT2D eigenvalue weighted by Gasteiger charge is 2.50. The molecule has 4 aliphatic rings. The van der Waals surface area contributed by atoms with Crippen LogP contribution in [0.1, 0.15) is 183 Å². The first kappa shape index (κ1) is 41.1. The summed E-state index contributed by atoms with van der Waals surface area (Å²) in [7, 11) is 0. The Kier molecular flexibility index (Phi) is 8.68. The first-order valence-electron chi connectivity index (χ1n) is 22.8. The molecule has 5 aromatic rings. The van der Waals surface area contributed by atoms with Gasteiger partial charge in [-0.15, -0.1) is 0 Å². The summed E-state index contributed by atoms with van der Waals surface area (Å²) < 4.78 is 7.13. The molecule has 0 bridgehead atoms. The lowest BCUT2D eigenvalue weighted by Gasteiger charge is -2.47. The summed E-state index contributed by atoms with van der Waals surface area (Å²) in [4.78, 5) is 10.7. The van der Waals surface area contributed by atoms with Crippen LogP contribution in [0.4, 0.5) is 34.3 Å². The van der Waals surface area contributed by atoms with Gasteiger partial charge in [-0.2, -0.15) is 0 Å². The molecule has 5 heteroatoms. The number of aromatic nitrogens is 1. The number of fused-ring (bicyclic) bond motifs is 6. The second-order valence-corrected chi connectivity index (χ2v) is 24.8. The molecule has 1 aromatic heterocycles. The van der Waals surface area contributed by atoms with Crippen LogP contribution in [0.3, 0.4) is 0 Å². The van der Waals surface area contributed by atoms with Crippen molar-refractivity contribution in [2.24, 2.45) is 0 Å². The van der Waals surface area contributed by atoms with E-state index < -0.39 is 0 Å². The first-order valence-corrected chi connectivity index (χ1v) is 22.8. The van der Waals surface area contributed by atoms with Crippen LogP contribution in [-0.2, 0) is 37.9 Å². The maximum absolute atomic E-state index is 7.13. The van der Waals surface area contributed by atoms with Crippen LogP contribution in [-0.4, -0.2) is 11.7 Å². The maximum atomic E-state index is 7.13. The number of anilines is 6. The maximum Gasteiger partial charge on any atom is 0.279 e. The van der Waals surface area contributed by atoms with E-state index in [9.17, 15) is 0 Å². The van der Waals surface area contributed by atoms with Gasteiger partial charge in [0, 0.05) is 33.9 Å². The highest BCUT2D eigenvalue weighted by Crippen LogP contribution is 2.53. The number of nitrogens with zero attached hydrogens (tertiary/aromatic N) is 3. The highest BCUT2D eigenvalue weighted by atomic mass is 16.4. The Hall–Kier alpha value is -4.25. The average Bonchev–Trinajstić information content (AvgIpc) is 3.60. The van der Waals surface area contributed by atoms with Crippen molar-refractivity contribution in [3.63, 3.8) is 0 Å². The first-order chi connectivity index (χ1) is 27.6. The van der Waals surface area contributed by atoms with Gasteiger partial charge in [0.15, 0.2) is 0 Å². The molecule has 0 N–H and O–H groups in total. The minimum Gasteiger partial charge on any atom is -0.424 e. The Labute approximate surface area is 362 Å². The van der Waals surface area contributed by atoms with E-state index in [2.05, 4.69) is 194 Å². The zero-order chi connectivity index (χ0) is 43.5. The monoisotopic (exact) mass is 800 g/mol. The Morgan fingerprint density at radius 2 is 0.983 bits per heavy atom. The molecule has 0 fully saturated rings. The number of rotatable bonds is 2. The summed E-state index contributed by atoms with van der Waals surface area (Å²) in [6, 6.07) is 26.9. The summed E-state index contributed by atoms with van der Waals surface area (Å²) in [5, 5.41) is 0. The van der Waals surface area contributed by atoms with E-state index in [0.29, 0.717) is 0 Å². The van der Waals surface area contributed by atoms with Gasteiger partial charge in [0.05, 0.1) is 5.59 Å². The van der Waals surface area contributed by atoms with Crippen LogP contribution in [0.15, 0.2) is 71.1 Å². The molecule has 4 nitrogen and oxygen atoms in total. The predicted octanol–water partition coefficient (Wildman–Crippen LogP) is 13.3. The van der Waals surface area contributed by atoms with Gasteiger partial charge in [0.2, 0.25) is 11.8 Å². The zero-order valence-electron chi connectivity index (χ0n) is 40.0. The van der Waals surface area contributed by atoms with Gasteiger partial charge in [-0.25, -0.2) is 4.98 Å². The van der Waals surface area contributed by atoms with E-state index in [1.54, 1.807) is 0 Å². The molecule has 0 atom stereocenters. The fourth-order valence-electron chi connectivity index (χ4n) is 10.8. The van der Waals surface area contributed by atoms with Gasteiger partial charge < -0.3 is 9.32 Å². The molecule has 9 rings (SSSR count). The van der Waals surface area contributed by atoms with Crippen molar-refractivity contribution in [2.75, 3.05) is 9.80 Å². The van der Waals surface area contributed by atoms with Crippen molar-refractivity contribution in [3.8, 4) is 0 Å². The number of hydrogen-bond donors (Lipinski definition) is 0. The molecule has 4 aromatic carbocycles. The molecule has 3 heterocycles. The largest absolute Gasteiger partial charge is 0.424 e. The Bertz CT molecular complexity index is 2560. The number of oxazole rings is 1. The molecule has 314 valence electrons. The predicted molar refractivity (Wildman–Crippen MR) is 257 cm³/mol. The zero-order valence-corrected chi connectivity index (χ0v) is 40.0. The quantitative estimate of drug-likeness (QED) is 0.163. The summed E-state index contributed by atoms with van der Waals surface area (Å²) in [6.07, 6.45) is 4.70. The molecular weight excluding hydrogens is 729 g/mol. The van der Waals surface area contributed by atoms with Crippen LogP contribution in [0, 0.1) is 0 Å². The van der Waals surface area contributed by atoms with Crippen molar-refractivity contribution < 1.29 is 4.42 Å². The van der Waals surface area contributed by atoms with Gasteiger partial charge in [-0.05, 0) is 145 Å². The number of hydrogen-bond acceptors (Lipinski definition) is 4. The van der Waals surface area contributed by atoms with E-state index in [1.807, 2.05) is 0 Å². The molecule has 0 saturated heterocycles. The van der Waals surface area contributed by atoms with E-state index >= 15 is 0 Å². The van der Waals surface area contributed by atoms with Crippen molar-refractivity contribution in [3.05, 3.63) is 106 Å². The lowest BCUT2D eigenvalue weighted by Crippen LogP contribution is -2.62. The molecule has 0 spiro atoms. The van der Waals surface area contributed by atoms with Crippen molar-refractivity contribution in [1.29, 1.82) is 0 Å².